The average molecular weight is 523 g/mol. The van der Waals surface area contributed by atoms with Gasteiger partial charge in [-0.2, -0.15) is 0 Å². The van der Waals surface area contributed by atoms with Crippen LogP contribution in [-0.4, -0.2) is 15.1 Å². The molecule has 0 fully saturated rings. The predicted octanol–water partition coefficient (Wildman–Crippen LogP) is 4.09. The third-order valence-corrected chi connectivity index (χ3v) is 3.30. The summed E-state index contributed by atoms with van der Waals surface area (Å²) in [6, 6.07) is 20.4. The second-order valence-corrected chi connectivity index (χ2v) is 5.22. The van der Waals surface area contributed by atoms with Crippen LogP contribution >= 0.6 is 0 Å². The molecule has 0 unspecified atom stereocenters. The molecule has 3 aromatic heterocycles. The number of rotatable bonds is 2. The zero-order valence-electron chi connectivity index (χ0n) is 13.9. The molecular formula is C20H15FIrN4-2. The summed E-state index contributed by atoms with van der Waals surface area (Å²) < 4.78 is 12.6. The van der Waals surface area contributed by atoms with Gasteiger partial charge in [-0.3, -0.25) is 9.37 Å². The largest absolute Gasteiger partial charge is 0.574 e. The van der Waals surface area contributed by atoms with E-state index in [1.807, 2.05) is 49.4 Å². The van der Waals surface area contributed by atoms with E-state index < -0.39 is 0 Å². The standard InChI is InChI=1S/C11H7FN.C9H8N3.Ir/c12-10-6-4-9(5-7-10)11-3-1-2-8-13-11;1-7-6-9(12-11-7)8-4-2-3-5-10-8;/h1-4,6-8H;2-6H,1H3;/q2*-1;. The molecule has 0 bridgehead atoms. The van der Waals surface area contributed by atoms with E-state index in [-0.39, 0.29) is 25.9 Å². The number of aryl methyl sites for hydroxylation is 1. The van der Waals surface area contributed by atoms with Crippen LogP contribution in [0.2, 0.25) is 0 Å². The summed E-state index contributed by atoms with van der Waals surface area (Å²) in [5, 5.41) is 7.88. The molecule has 1 aromatic carbocycles. The maximum absolute atomic E-state index is 12.6. The van der Waals surface area contributed by atoms with Crippen LogP contribution in [0.15, 0.2) is 73.1 Å². The number of hydrogen-bond acceptors (Lipinski definition) is 3. The summed E-state index contributed by atoms with van der Waals surface area (Å²) in [5.74, 6) is -0.278. The molecular weight excluding hydrogens is 507 g/mol. The van der Waals surface area contributed by atoms with Crippen molar-refractivity contribution in [2.75, 3.05) is 0 Å². The first kappa shape index (κ1) is 19.6. The normalized spacial score (nSPS) is 9.62. The molecule has 1 radical (unpaired) electrons. The second-order valence-electron chi connectivity index (χ2n) is 5.22. The van der Waals surface area contributed by atoms with E-state index in [9.17, 15) is 4.39 Å². The molecule has 133 valence electrons. The van der Waals surface area contributed by atoms with Crippen molar-refractivity contribution in [2.24, 2.45) is 0 Å². The summed E-state index contributed by atoms with van der Waals surface area (Å²) in [6.07, 6.45) is 3.45. The number of hydrogen-bond donors (Lipinski definition) is 0. The van der Waals surface area contributed by atoms with E-state index in [0.29, 0.717) is 0 Å². The Morgan fingerprint density at radius 1 is 0.923 bits per heavy atom. The molecule has 0 spiro atoms. The van der Waals surface area contributed by atoms with Gasteiger partial charge in [-0.25, -0.2) is 0 Å². The van der Waals surface area contributed by atoms with Crippen molar-refractivity contribution in [3.8, 4) is 22.6 Å². The van der Waals surface area contributed by atoms with E-state index in [1.165, 1.54) is 12.1 Å². The van der Waals surface area contributed by atoms with Crippen molar-refractivity contribution in [3.05, 3.63) is 90.6 Å². The molecule has 0 aliphatic carbocycles. The fourth-order valence-electron chi connectivity index (χ4n) is 2.12. The van der Waals surface area contributed by atoms with Crippen LogP contribution in [0.3, 0.4) is 0 Å². The topological polar surface area (TPSA) is 52.8 Å². The molecule has 0 N–H and O–H groups in total. The SMILES string of the molecule is Cc1cc(-c2ccccn2)[n-]n1.Fc1c[c-]c(-c2ccccn2)cc1.[Ir]. The van der Waals surface area contributed by atoms with Gasteiger partial charge in [-0.1, -0.05) is 30.0 Å². The summed E-state index contributed by atoms with van der Waals surface area (Å²) in [7, 11) is 0. The summed E-state index contributed by atoms with van der Waals surface area (Å²) in [6.45, 7) is 1.92. The Morgan fingerprint density at radius 3 is 2.12 bits per heavy atom. The molecule has 0 saturated heterocycles. The molecule has 6 heteroatoms. The summed E-state index contributed by atoms with van der Waals surface area (Å²) in [4.78, 5) is 8.28. The zero-order valence-corrected chi connectivity index (χ0v) is 16.3. The second kappa shape index (κ2) is 9.70. The molecule has 0 aliphatic rings. The number of aromatic nitrogens is 4. The molecule has 4 rings (SSSR count). The zero-order chi connectivity index (χ0) is 17.5. The Labute approximate surface area is 164 Å². The minimum absolute atomic E-state index is 0. The van der Waals surface area contributed by atoms with Crippen LogP contribution < -0.4 is 5.10 Å². The van der Waals surface area contributed by atoms with Gasteiger partial charge in [0.05, 0.1) is 0 Å². The molecule has 26 heavy (non-hydrogen) atoms. The Kier molecular flexibility index (Phi) is 7.33. The van der Waals surface area contributed by atoms with E-state index in [1.54, 1.807) is 18.5 Å². The average Bonchev–Trinajstić information content (AvgIpc) is 3.11. The number of pyridine rings is 2. The van der Waals surface area contributed by atoms with Crippen LogP contribution in [-0.2, 0) is 20.1 Å². The van der Waals surface area contributed by atoms with E-state index in [4.69, 9.17) is 0 Å². The Bertz CT molecular complexity index is 909. The Hall–Kier alpha value is -2.69. The first-order valence-electron chi connectivity index (χ1n) is 7.69. The van der Waals surface area contributed by atoms with Crippen molar-refractivity contribution in [3.63, 3.8) is 0 Å². The van der Waals surface area contributed by atoms with Crippen molar-refractivity contribution >= 4 is 0 Å². The molecule has 0 atom stereocenters. The van der Waals surface area contributed by atoms with E-state index >= 15 is 0 Å². The van der Waals surface area contributed by atoms with Gasteiger partial charge in [0.15, 0.2) is 0 Å². The predicted molar refractivity (Wildman–Crippen MR) is 94.0 cm³/mol. The smallest absolute Gasteiger partial charge is 0.0494 e. The monoisotopic (exact) mass is 523 g/mol. The maximum Gasteiger partial charge on any atom is 0.0494 e. The van der Waals surface area contributed by atoms with E-state index in [0.717, 1.165) is 28.3 Å². The van der Waals surface area contributed by atoms with E-state index in [2.05, 4.69) is 26.2 Å². The van der Waals surface area contributed by atoms with Gasteiger partial charge in [0.25, 0.3) is 0 Å². The Morgan fingerprint density at radius 2 is 1.62 bits per heavy atom. The van der Waals surface area contributed by atoms with Crippen LogP contribution in [0.1, 0.15) is 5.69 Å². The summed E-state index contributed by atoms with van der Waals surface area (Å²) >= 11 is 0. The van der Waals surface area contributed by atoms with Crippen LogP contribution in [0.5, 0.6) is 0 Å². The van der Waals surface area contributed by atoms with Gasteiger partial charge in [-0.05, 0) is 30.8 Å². The van der Waals surface area contributed by atoms with Crippen molar-refractivity contribution in [1.29, 1.82) is 0 Å². The third-order valence-electron chi connectivity index (χ3n) is 3.30. The van der Waals surface area contributed by atoms with Gasteiger partial charge in [0.2, 0.25) is 0 Å². The minimum Gasteiger partial charge on any atom is -0.574 e. The first-order chi connectivity index (χ1) is 12.2. The summed E-state index contributed by atoms with van der Waals surface area (Å²) in [5.41, 5.74) is 4.26. The number of benzene rings is 1. The van der Waals surface area contributed by atoms with Crippen molar-refractivity contribution in [1.82, 2.24) is 20.2 Å². The molecule has 0 aliphatic heterocycles. The van der Waals surface area contributed by atoms with Crippen molar-refractivity contribution in [2.45, 2.75) is 6.92 Å². The third kappa shape index (κ3) is 5.41. The molecule has 0 amide bonds. The number of halogens is 1. The maximum atomic E-state index is 12.6. The van der Waals surface area contributed by atoms with Gasteiger partial charge in [-0.15, -0.1) is 29.8 Å². The van der Waals surface area contributed by atoms with Gasteiger partial charge >= 0.3 is 0 Å². The van der Waals surface area contributed by atoms with Gasteiger partial charge in [0.1, 0.15) is 0 Å². The van der Waals surface area contributed by atoms with Gasteiger partial charge < -0.3 is 15.2 Å². The molecule has 4 nitrogen and oxygen atoms in total. The van der Waals surface area contributed by atoms with Gasteiger partial charge in [0, 0.05) is 49.7 Å². The fourth-order valence-corrected chi connectivity index (χ4v) is 2.12. The quantitative estimate of drug-likeness (QED) is 0.372. The molecule has 3 heterocycles. The van der Waals surface area contributed by atoms with Crippen LogP contribution in [0.25, 0.3) is 22.6 Å². The van der Waals surface area contributed by atoms with Crippen molar-refractivity contribution < 1.29 is 24.5 Å². The minimum atomic E-state index is -0.278. The first-order valence-corrected chi connectivity index (χ1v) is 7.69. The molecule has 4 aromatic rings. The van der Waals surface area contributed by atoms with Crippen LogP contribution in [0, 0.1) is 18.8 Å². The Balaban J connectivity index is 0.000000180. The van der Waals surface area contributed by atoms with Crippen LogP contribution in [0.4, 0.5) is 4.39 Å². The fraction of sp³-hybridized carbons (Fsp3) is 0.0500. The molecule has 0 saturated carbocycles. The number of nitrogens with zero attached hydrogens (tertiary/aromatic N) is 4.